The molecule has 8 heteroatoms. The van der Waals surface area contributed by atoms with Crippen molar-refractivity contribution in [2.45, 2.75) is 19.1 Å². The molecule has 0 saturated heterocycles. The maximum absolute atomic E-state index is 13.2. The van der Waals surface area contributed by atoms with Crippen LogP contribution in [0.15, 0.2) is 30.6 Å². The Kier molecular flexibility index (Phi) is 4.20. The zero-order valence-electron chi connectivity index (χ0n) is 11.8. The van der Waals surface area contributed by atoms with Crippen LogP contribution in [0.1, 0.15) is 27.5 Å². The van der Waals surface area contributed by atoms with Crippen molar-refractivity contribution in [1.29, 1.82) is 0 Å². The summed E-state index contributed by atoms with van der Waals surface area (Å²) in [5.41, 5.74) is 0.0431. The lowest BCUT2D eigenvalue weighted by Crippen LogP contribution is -2.38. The van der Waals surface area contributed by atoms with Crippen LogP contribution in [-0.4, -0.2) is 21.9 Å². The molecule has 0 unspecified atom stereocenters. The average Bonchev–Trinajstić information content (AvgIpc) is 2.83. The van der Waals surface area contributed by atoms with Crippen molar-refractivity contribution in [3.05, 3.63) is 53.1 Å². The third-order valence-corrected chi connectivity index (χ3v) is 3.11. The Balaban J connectivity index is 2.31. The van der Waals surface area contributed by atoms with E-state index in [2.05, 4.69) is 5.10 Å². The van der Waals surface area contributed by atoms with E-state index in [1.54, 1.807) is 0 Å². The fourth-order valence-electron chi connectivity index (χ4n) is 1.99. The second kappa shape index (κ2) is 5.78. The largest absolute Gasteiger partial charge is 0.413 e. The van der Waals surface area contributed by atoms with E-state index in [1.807, 2.05) is 5.32 Å². The number of aryl methyl sites for hydroxylation is 2. The Morgan fingerprint density at radius 1 is 1.36 bits per heavy atom. The van der Waals surface area contributed by atoms with E-state index in [4.69, 9.17) is 0 Å². The number of amides is 1. The summed E-state index contributed by atoms with van der Waals surface area (Å²) < 4.78 is 53.8. The van der Waals surface area contributed by atoms with E-state index in [1.165, 1.54) is 24.7 Å². The van der Waals surface area contributed by atoms with Gasteiger partial charge in [-0.1, -0.05) is 6.07 Å². The van der Waals surface area contributed by atoms with Crippen LogP contribution < -0.4 is 5.32 Å². The molecule has 0 bridgehead atoms. The first-order chi connectivity index (χ1) is 10.2. The van der Waals surface area contributed by atoms with Gasteiger partial charge >= 0.3 is 6.18 Å². The number of hydrogen-bond acceptors (Lipinski definition) is 2. The molecule has 2 aromatic rings. The molecule has 4 nitrogen and oxygen atoms in total. The van der Waals surface area contributed by atoms with Gasteiger partial charge in [-0.2, -0.15) is 18.3 Å². The predicted octanol–water partition coefficient (Wildman–Crippen LogP) is 2.90. The van der Waals surface area contributed by atoms with Crippen LogP contribution in [0.2, 0.25) is 0 Å². The molecule has 0 aliphatic rings. The summed E-state index contributed by atoms with van der Waals surface area (Å²) in [5.74, 6) is -1.69. The third kappa shape index (κ3) is 3.44. The summed E-state index contributed by atoms with van der Waals surface area (Å²) in [6.07, 6.45) is -2.51. The summed E-state index contributed by atoms with van der Waals surface area (Å²) >= 11 is 0. The number of carbonyl (C=O) groups is 1. The van der Waals surface area contributed by atoms with Crippen molar-refractivity contribution < 1.29 is 22.4 Å². The standard InChI is InChI=1S/C14H13F4N3O/c1-8-3-4-10(15)5-11(8)13(22)20-12(14(16,17)18)9-6-19-21(2)7-9/h3-7,12H,1-2H3,(H,20,22)/t12-/m0/s1. The molecule has 1 amide bonds. The highest BCUT2D eigenvalue weighted by molar-refractivity contribution is 5.95. The summed E-state index contributed by atoms with van der Waals surface area (Å²) in [6.45, 7) is 1.51. The van der Waals surface area contributed by atoms with Gasteiger partial charge in [0.2, 0.25) is 0 Å². The average molecular weight is 315 g/mol. The van der Waals surface area contributed by atoms with Crippen molar-refractivity contribution >= 4 is 5.91 Å². The Morgan fingerprint density at radius 3 is 2.59 bits per heavy atom. The first kappa shape index (κ1) is 16.0. The lowest BCUT2D eigenvalue weighted by atomic mass is 10.1. The smallest absolute Gasteiger partial charge is 0.337 e. The van der Waals surface area contributed by atoms with Gasteiger partial charge in [-0.05, 0) is 24.6 Å². The van der Waals surface area contributed by atoms with Gasteiger partial charge in [0, 0.05) is 24.4 Å². The Bertz CT molecular complexity index is 694. The molecule has 0 radical (unpaired) electrons. The highest BCUT2D eigenvalue weighted by atomic mass is 19.4. The van der Waals surface area contributed by atoms with Gasteiger partial charge in [-0.15, -0.1) is 0 Å². The molecule has 0 aliphatic heterocycles. The number of nitrogens with zero attached hydrogens (tertiary/aromatic N) is 2. The number of aromatic nitrogens is 2. The van der Waals surface area contributed by atoms with Crippen molar-refractivity contribution in [2.24, 2.45) is 7.05 Å². The van der Waals surface area contributed by atoms with Gasteiger partial charge in [-0.25, -0.2) is 4.39 Å². The van der Waals surface area contributed by atoms with Crippen LogP contribution in [0, 0.1) is 12.7 Å². The molecule has 1 N–H and O–H groups in total. The number of alkyl halides is 3. The molecule has 0 spiro atoms. The van der Waals surface area contributed by atoms with Crippen molar-refractivity contribution in [3.8, 4) is 0 Å². The molecular weight excluding hydrogens is 302 g/mol. The van der Waals surface area contributed by atoms with Gasteiger partial charge in [0.25, 0.3) is 5.91 Å². The van der Waals surface area contributed by atoms with Crippen molar-refractivity contribution in [3.63, 3.8) is 0 Å². The predicted molar refractivity (Wildman–Crippen MR) is 70.6 cm³/mol. The Labute approximate surface area is 123 Å². The number of benzene rings is 1. The van der Waals surface area contributed by atoms with E-state index in [0.29, 0.717) is 5.56 Å². The molecule has 22 heavy (non-hydrogen) atoms. The first-order valence-corrected chi connectivity index (χ1v) is 6.31. The number of carbonyl (C=O) groups excluding carboxylic acids is 1. The maximum atomic E-state index is 13.2. The molecule has 0 saturated carbocycles. The van der Waals surface area contributed by atoms with Crippen LogP contribution in [0.25, 0.3) is 0 Å². The number of hydrogen-bond donors (Lipinski definition) is 1. The van der Waals surface area contributed by atoms with Gasteiger partial charge < -0.3 is 5.32 Å². The van der Waals surface area contributed by atoms with Crippen LogP contribution >= 0.6 is 0 Å². The summed E-state index contributed by atoms with van der Waals surface area (Å²) in [7, 11) is 1.47. The lowest BCUT2D eigenvalue weighted by molar-refractivity contribution is -0.155. The molecule has 118 valence electrons. The molecule has 1 aromatic heterocycles. The second-order valence-corrected chi connectivity index (χ2v) is 4.85. The minimum atomic E-state index is -4.69. The molecule has 2 rings (SSSR count). The molecular formula is C14H13F4N3O. The normalized spacial score (nSPS) is 13.0. The zero-order valence-corrected chi connectivity index (χ0v) is 11.8. The van der Waals surface area contributed by atoms with Crippen LogP contribution in [0.3, 0.4) is 0 Å². The topological polar surface area (TPSA) is 46.9 Å². The van der Waals surface area contributed by atoms with E-state index in [0.717, 1.165) is 24.5 Å². The maximum Gasteiger partial charge on any atom is 0.413 e. The van der Waals surface area contributed by atoms with Gasteiger partial charge in [-0.3, -0.25) is 9.48 Å². The quantitative estimate of drug-likeness (QED) is 0.885. The first-order valence-electron chi connectivity index (χ1n) is 6.31. The third-order valence-electron chi connectivity index (χ3n) is 3.11. The van der Waals surface area contributed by atoms with Crippen LogP contribution in [0.4, 0.5) is 17.6 Å². The molecule has 1 atom stereocenters. The van der Waals surface area contributed by atoms with Gasteiger partial charge in [0.15, 0.2) is 6.04 Å². The Hall–Kier alpha value is -2.38. The van der Waals surface area contributed by atoms with Crippen molar-refractivity contribution in [2.75, 3.05) is 0 Å². The SMILES string of the molecule is Cc1ccc(F)cc1C(=O)N[C@@H](c1cnn(C)c1)C(F)(F)F. The molecule has 1 heterocycles. The Morgan fingerprint density at radius 2 is 2.05 bits per heavy atom. The lowest BCUT2D eigenvalue weighted by Gasteiger charge is -2.21. The van der Waals surface area contributed by atoms with Gasteiger partial charge in [0.1, 0.15) is 5.82 Å². The number of nitrogens with one attached hydrogen (secondary N) is 1. The second-order valence-electron chi connectivity index (χ2n) is 4.85. The van der Waals surface area contributed by atoms with Gasteiger partial charge in [0.05, 0.1) is 6.20 Å². The van der Waals surface area contributed by atoms with Crippen molar-refractivity contribution in [1.82, 2.24) is 15.1 Å². The van der Waals surface area contributed by atoms with E-state index in [9.17, 15) is 22.4 Å². The van der Waals surface area contributed by atoms with E-state index >= 15 is 0 Å². The zero-order chi connectivity index (χ0) is 16.5. The van der Waals surface area contributed by atoms with Crippen LogP contribution in [0.5, 0.6) is 0 Å². The number of halogens is 4. The highest BCUT2D eigenvalue weighted by Crippen LogP contribution is 2.32. The fraction of sp³-hybridized carbons (Fsp3) is 0.286. The minimum absolute atomic E-state index is 0.141. The number of rotatable bonds is 3. The van der Waals surface area contributed by atoms with E-state index < -0.39 is 23.9 Å². The monoisotopic (exact) mass is 315 g/mol. The summed E-state index contributed by atoms with van der Waals surface area (Å²) in [6, 6.07) is 1.16. The molecule has 1 aromatic carbocycles. The van der Waals surface area contributed by atoms with Crippen LogP contribution in [-0.2, 0) is 7.05 Å². The fourth-order valence-corrected chi connectivity index (χ4v) is 1.99. The molecule has 0 fully saturated rings. The highest BCUT2D eigenvalue weighted by Gasteiger charge is 2.42. The molecule has 0 aliphatic carbocycles. The minimum Gasteiger partial charge on any atom is -0.337 e. The summed E-state index contributed by atoms with van der Waals surface area (Å²) in [5, 5.41) is 5.56. The van der Waals surface area contributed by atoms with E-state index in [-0.39, 0.29) is 11.1 Å². The summed E-state index contributed by atoms with van der Waals surface area (Å²) in [4.78, 5) is 12.0.